The Balaban J connectivity index is 0.000000408. The van der Waals surface area contributed by atoms with Gasteiger partial charge in [-0.25, -0.2) is 4.99 Å². The second-order valence-corrected chi connectivity index (χ2v) is 5.55. The Bertz CT molecular complexity index is 602. The van der Waals surface area contributed by atoms with Crippen LogP contribution in [0.4, 0.5) is 5.69 Å². The SMILES string of the molecule is ClC1=Nc2ccccc2Sc2ccccc21.ClNCl. The molecule has 1 heterocycles. The fourth-order valence-electron chi connectivity index (χ4n) is 1.65. The second-order valence-electron chi connectivity index (χ2n) is 3.54. The van der Waals surface area contributed by atoms with Crippen LogP contribution in [-0.4, -0.2) is 5.17 Å². The summed E-state index contributed by atoms with van der Waals surface area (Å²) >= 11 is 17.0. The van der Waals surface area contributed by atoms with Gasteiger partial charge in [0.25, 0.3) is 0 Å². The zero-order valence-corrected chi connectivity index (χ0v) is 12.7. The molecule has 3 rings (SSSR count). The molecule has 1 N–H and O–H groups in total. The number of nitrogens with one attached hydrogen (secondary N) is 1. The van der Waals surface area contributed by atoms with Crippen LogP contribution in [0.2, 0.25) is 0 Å². The maximum absolute atomic E-state index is 6.22. The van der Waals surface area contributed by atoms with Crippen molar-refractivity contribution in [2.24, 2.45) is 4.99 Å². The Morgan fingerprint density at radius 2 is 1.47 bits per heavy atom. The number of hydrogen-bond donors (Lipinski definition) is 1. The van der Waals surface area contributed by atoms with Crippen LogP contribution in [0.3, 0.4) is 0 Å². The Morgan fingerprint density at radius 3 is 2.21 bits per heavy atom. The molecule has 2 aromatic rings. The van der Waals surface area contributed by atoms with Crippen molar-refractivity contribution in [3.63, 3.8) is 0 Å². The molecule has 0 saturated heterocycles. The summed E-state index contributed by atoms with van der Waals surface area (Å²) in [5.41, 5.74) is 1.94. The van der Waals surface area contributed by atoms with Gasteiger partial charge in [-0.1, -0.05) is 53.7 Å². The van der Waals surface area contributed by atoms with E-state index in [9.17, 15) is 0 Å². The molecule has 0 spiro atoms. The smallest absolute Gasteiger partial charge is 0.138 e. The van der Waals surface area contributed by atoms with Gasteiger partial charge in [0.05, 0.1) is 5.69 Å². The Hall–Kier alpha value is -0.710. The molecule has 0 aliphatic carbocycles. The van der Waals surface area contributed by atoms with E-state index in [0.29, 0.717) is 5.17 Å². The molecule has 0 atom stereocenters. The van der Waals surface area contributed by atoms with E-state index in [1.54, 1.807) is 16.1 Å². The molecule has 0 unspecified atom stereocenters. The number of rotatable bonds is 0. The number of benzene rings is 2. The van der Waals surface area contributed by atoms with E-state index >= 15 is 0 Å². The molecule has 0 aromatic heterocycles. The first-order valence-corrected chi connectivity index (χ1v) is 7.28. The van der Waals surface area contributed by atoms with Crippen LogP contribution in [0.15, 0.2) is 63.3 Å². The average molecular weight is 332 g/mol. The molecule has 1 aliphatic heterocycles. The lowest BCUT2D eigenvalue weighted by Gasteiger charge is -2.03. The molecule has 2 aromatic carbocycles. The maximum Gasteiger partial charge on any atom is 0.138 e. The molecule has 6 heteroatoms. The highest BCUT2D eigenvalue weighted by Gasteiger charge is 2.14. The summed E-state index contributed by atoms with van der Waals surface area (Å²) in [6, 6.07) is 16.1. The first kappa shape index (κ1) is 14.7. The summed E-state index contributed by atoms with van der Waals surface area (Å²) in [6.07, 6.45) is 0. The Morgan fingerprint density at radius 1 is 0.895 bits per heavy atom. The summed E-state index contributed by atoms with van der Waals surface area (Å²) in [7, 11) is 0. The average Bonchev–Trinajstić information content (AvgIpc) is 2.56. The van der Waals surface area contributed by atoms with E-state index in [4.69, 9.17) is 11.6 Å². The van der Waals surface area contributed by atoms with Crippen LogP contribution < -0.4 is 4.35 Å². The quantitative estimate of drug-likeness (QED) is 0.658. The highest BCUT2D eigenvalue weighted by molar-refractivity contribution is 7.99. The monoisotopic (exact) mass is 330 g/mol. The van der Waals surface area contributed by atoms with E-state index in [1.165, 1.54) is 0 Å². The molecular weight excluding hydrogens is 323 g/mol. The van der Waals surface area contributed by atoms with Crippen LogP contribution in [0.25, 0.3) is 0 Å². The molecule has 2 nitrogen and oxygen atoms in total. The summed E-state index contributed by atoms with van der Waals surface area (Å²) in [6.45, 7) is 0. The third-order valence-electron chi connectivity index (χ3n) is 2.41. The lowest BCUT2D eigenvalue weighted by molar-refractivity contribution is 1.38. The summed E-state index contributed by atoms with van der Waals surface area (Å²) in [5, 5.41) is 0.563. The van der Waals surface area contributed by atoms with Crippen molar-refractivity contribution < 1.29 is 0 Å². The number of aliphatic imine (C=N–C) groups is 1. The van der Waals surface area contributed by atoms with E-state index in [2.05, 4.69) is 40.7 Å². The third-order valence-corrected chi connectivity index (χ3v) is 3.84. The zero-order chi connectivity index (χ0) is 13.7. The van der Waals surface area contributed by atoms with Gasteiger partial charge in [0.1, 0.15) is 5.17 Å². The van der Waals surface area contributed by atoms with Crippen molar-refractivity contribution in [2.75, 3.05) is 0 Å². The fourth-order valence-corrected chi connectivity index (χ4v) is 2.98. The minimum atomic E-state index is 0.563. The molecule has 0 saturated carbocycles. The predicted octanol–water partition coefficient (Wildman–Crippen LogP) is 5.35. The van der Waals surface area contributed by atoms with Gasteiger partial charge >= 0.3 is 0 Å². The van der Waals surface area contributed by atoms with Gasteiger partial charge in [0.2, 0.25) is 0 Å². The highest BCUT2D eigenvalue weighted by atomic mass is 35.5. The second kappa shape index (κ2) is 7.17. The van der Waals surface area contributed by atoms with Gasteiger partial charge in [-0.05, 0) is 41.8 Å². The summed E-state index contributed by atoms with van der Waals surface area (Å²) in [4.78, 5) is 6.74. The summed E-state index contributed by atoms with van der Waals surface area (Å²) in [5.74, 6) is 0. The highest BCUT2D eigenvalue weighted by Crippen LogP contribution is 2.40. The standard InChI is InChI=1S/C13H8ClNS.Cl2HN/c14-13-9-5-1-3-7-11(9)16-12-8-4-2-6-10(12)15-13;1-3-2/h1-8H;3H. The molecule has 1 aliphatic rings. The van der Waals surface area contributed by atoms with Crippen molar-refractivity contribution >= 4 is 57.8 Å². The van der Waals surface area contributed by atoms with Crippen LogP contribution in [-0.2, 0) is 0 Å². The van der Waals surface area contributed by atoms with Gasteiger partial charge in [0.15, 0.2) is 0 Å². The van der Waals surface area contributed by atoms with Crippen LogP contribution in [0, 0.1) is 0 Å². The lowest BCUT2D eigenvalue weighted by Crippen LogP contribution is -1.90. The molecular formula is C13H9Cl3N2S. The van der Waals surface area contributed by atoms with Gasteiger partial charge in [0, 0.05) is 15.4 Å². The fraction of sp³-hybridized carbons (Fsp3) is 0. The van der Waals surface area contributed by atoms with Crippen LogP contribution >= 0.6 is 46.9 Å². The molecule has 0 amide bonds. The topological polar surface area (TPSA) is 24.4 Å². The van der Waals surface area contributed by atoms with Gasteiger partial charge in [-0.3, -0.25) is 0 Å². The van der Waals surface area contributed by atoms with E-state index in [1.807, 2.05) is 36.4 Å². The van der Waals surface area contributed by atoms with E-state index in [0.717, 1.165) is 21.0 Å². The van der Waals surface area contributed by atoms with Crippen molar-refractivity contribution in [1.29, 1.82) is 0 Å². The Kier molecular flexibility index (Phi) is 5.55. The largest absolute Gasteiger partial charge is 0.235 e. The number of hydrogen-bond acceptors (Lipinski definition) is 3. The summed E-state index contributed by atoms with van der Waals surface area (Å²) < 4.78 is 1.69. The van der Waals surface area contributed by atoms with E-state index < -0.39 is 0 Å². The predicted molar refractivity (Wildman–Crippen MR) is 83.9 cm³/mol. The van der Waals surface area contributed by atoms with Gasteiger partial charge in [-0.2, -0.15) is 0 Å². The number of halogens is 3. The number of para-hydroxylation sites is 1. The minimum absolute atomic E-state index is 0.563. The maximum atomic E-state index is 6.22. The van der Waals surface area contributed by atoms with Crippen LogP contribution in [0.5, 0.6) is 0 Å². The molecule has 0 bridgehead atoms. The van der Waals surface area contributed by atoms with Crippen molar-refractivity contribution in [1.82, 2.24) is 4.35 Å². The minimum Gasteiger partial charge on any atom is -0.235 e. The Labute approximate surface area is 131 Å². The zero-order valence-electron chi connectivity index (χ0n) is 9.61. The molecule has 19 heavy (non-hydrogen) atoms. The number of nitrogens with zero attached hydrogens (tertiary/aromatic N) is 1. The van der Waals surface area contributed by atoms with Crippen molar-refractivity contribution in [3.05, 3.63) is 54.1 Å². The van der Waals surface area contributed by atoms with Crippen molar-refractivity contribution in [2.45, 2.75) is 9.79 Å². The molecule has 0 radical (unpaired) electrons. The van der Waals surface area contributed by atoms with Crippen LogP contribution in [0.1, 0.15) is 5.56 Å². The molecule has 0 fully saturated rings. The lowest BCUT2D eigenvalue weighted by atomic mass is 10.2. The normalized spacial score (nSPS) is 12.3. The first-order chi connectivity index (χ1) is 9.26. The van der Waals surface area contributed by atoms with E-state index in [-0.39, 0.29) is 0 Å². The van der Waals surface area contributed by atoms with Crippen molar-refractivity contribution in [3.8, 4) is 0 Å². The van der Waals surface area contributed by atoms with Gasteiger partial charge in [-0.15, -0.1) is 4.35 Å². The first-order valence-electron chi connectivity index (χ1n) is 5.33. The number of fused-ring (bicyclic) bond motifs is 2. The van der Waals surface area contributed by atoms with Gasteiger partial charge < -0.3 is 0 Å². The molecule has 98 valence electrons. The third kappa shape index (κ3) is 3.65.